The van der Waals surface area contributed by atoms with Crippen LogP contribution in [-0.4, -0.2) is 12.5 Å². The molecule has 0 aromatic heterocycles. The molecule has 1 aliphatic rings. The molecule has 3 rings (SSSR count). The molecule has 0 N–H and O–H groups in total. The Balaban J connectivity index is 2.04. The van der Waals surface area contributed by atoms with E-state index in [1.54, 1.807) is 17.0 Å². The second kappa shape index (κ2) is 5.60. The number of anilines is 1. The summed E-state index contributed by atoms with van der Waals surface area (Å²) in [6.45, 7) is 2.72. The van der Waals surface area contributed by atoms with Crippen LogP contribution in [0.3, 0.4) is 0 Å². The van der Waals surface area contributed by atoms with Gasteiger partial charge in [0.2, 0.25) is 0 Å². The van der Waals surface area contributed by atoms with Gasteiger partial charge in [-0.1, -0.05) is 41.1 Å². The zero-order valence-corrected chi connectivity index (χ0v) is 13.2. The second-order valence-electron chi connectivity index (χ2n) is 5.48. The highest BCUT2D eigenvalue weighted by Gasteiger charge is 2.28. The minimum absolute atomic E-state index is 0.105. The van der Waals surface area contributed by atoms with Gasteiger partial charge in [0.25, 0.3) is 5.91 Å². The third kappa shape index (κ3) is 2.72. The van der Waals surface area contributed by atoms with E-state index in [1.165, 1.54) is 6.07 Å². The van der Waals surface area contributed by atoms with E-state index in [4.69, 9.17) is 0 Å². The number of rotatable bonds is 1. The fraction of sp³-hybridized carbons (Fsp3) is 0.235. The average Bonchev–Trinajstić information content (AvgIpc) is 2.48. The number of para-hydroxylation sites is 1. The maximum Gasteiger partial charge on any atom is 0.261 e. The van der Waals surface area contributed by atoms with E-state index in [0.29, 0.717) is 16.9 Å². The number of amides is 1. The summed E-state index contributed by atoms with van der Waals surface area (Å²) >= 11 is 3.29. The summed E-state index contributed by atoms with van der Waals surface area (Å²) in [5.41, 5.74) is 2.13. The molecule has 4 heteroatoms. The molecule has 0 aliphatic carbocycles. The largest absolute Gasteiger partial charge is 0.308 e. The van der Waals surface area contributed by atoms with Crippen LogP contribution in [0.15, 0.2) is 46.9 Å². The monoisotopic (exact) mass is 347 g/mol. The summed E-state index contributed by atoms with van der Waals surface area (Å²) in [6, 6.07) is 12.3. The minimum Gasteiger partial charge on any atom is -0.308 e. The van der Waals surface area contributed by atoms with E-state index in [-0.39, 0.29) is 11.5 Å². The van der Waals surface area contributed by atoms with Crippen molar-refractivity contribution in [3.63, 3.8) is 0 Å². The van der Waals surface area contributed by atoms with Crippen LogP contribution in [0.4, 0.5) is 10.1 Å². The summed E-state index contributed by atoms with van der Waals surface area (Å²) in [5.74, 6) is -0.411. The second-order valence-corrected chi connectivity index (χ2v) is 6.39. The molecule has 108 valence electrons. The molecular weight excluding hydrogens is 333 g/mol. The highest BCUT2D eigenvalue weighted by Crippen LogP contribution is 2.31. The fourth-order valence-electron chi connectivity index (χ4n) is 2.80. The van der Waals surface area contributed by atoms with Gasteiger partial charge in [0.05, 0.1) is 5.56 Å². The number of carbonyl (C=O) groups is 1. The summed E-state index contributed by atoms with van der Waals surface area (Å²) in [7, 11) is 0. The summed E-state index contributed by atoms with van der Waals surface area (Å²) < 4.78 is 14.7. The van der Waals surface area contributed by atoms with E-state index in [1.807, 2.05) is 24.3 Å². The van der Waals surface area contributed by atoms with Gasteiger partial charge in [-0.15, -0.1) is 0 Å². The molecule has 1 unspecified atom stereocenters. The highest BCUT2D eigenvalue weighted by atomic mass is 79.9. The number of hydrogen-bond acceptors (Lipinski definition) is 1. The zero-order chi connectivity index (χ0) is 15.0. The molecular formula is C17H15BrFNO. The molecule has 0 saturated carbocycles. The maximum absolute atomic E-state index is 14.0. The molecule has 21 heavy (non-hydrogen) atoms. The molecule has 1 atom stereocenters. The van der Waals surface area contributed by atoms with Gasteiger partial charge in [-0.05, 0) is 42.2 Å². The topological polar surface area (TPSA) is 20.3 Å². The number of hydrogen-bond donors (Lipinski definition) is 0. The van der Waals surface area contributed by atoms with E-state index < -0.39 is 5.82 Å². The number of carbonyl (C=O) groups excluding carboxylic acids is 1. The highest BCUT2D eigenvalue weighted by molar-refractivity contribution is 9.10. The van der Waals surface area contributed by atoms with Gasteiger partial charge in [0, 0.05) is 16.7 Å². The Morgan fingerprint density at radius 3 is 2.86 bits per heavy atom. The van der Waals surface area contributed by atoms with Crippen molar-refractivity contribution in [2.75, 3.05) is 11.4 Å². The van der Waals surface area contributed by atoms with E-state index in [0.717, 1.165) is 17.7 Å². The third-order valence-corrected chi connectivity index (χ3v) is 4.24. The van der Waals surface area contributed by atoms with Crippen molar-refractivity contribution in [2.45, 2.75) is 13.3 Å². The van der Waals surface area contributed by atoms with Gasteiger partial charge in [-0.2, -0.15) is 0 Å². The fourth-order valence-corrected chi connectivity index (χ4v) is 3.16. The standard InChI is InChI=1S/C17H15BrFNO/c1-11-8-12-4-2-3-5-16(12)20(10-11)17(21)14-9-13(18)6-7-15(14)19/h2-7,9,11H,8,10H2,1H3. The Labute approximate surface area is 131 Å². The molecule has 0 saturated heterocycles. The molecule has 0 bridgehead atoms. The molecule has 2 aromatic carbocycles. The number of nitrogens with zero attached hydrogens (tertiary/aromatic N) is 1. The van der Waals surface area contributed by atoms with Crippen LogP contribution < -0.4 is 4.90 Å². The van der Waals surface area contributed by atoms with Crippen LogP contribution in [0.5, 0.6) is 0 Å². The van der Waals surface area contributed by atoms with E-state index >= 15 is 0 Å². The van der Waals surface area contributed by atoms with Crippen LogP contribution in [0.1, 0.15) is 22.8 Å². The Kier molecular flexibility index (Phi) is 3.81. The first kappa shape index (κ1) is 14.3. The molecule has 1 heterocycles. The van der Waals surface area contributed by atoms with Crippen LogP contribution in [0.25, 0.3) is 0 Å². The summed E-state index contributed by atoms with van der Waals surface area (Å²) in [6.07, 6.45) is 0.945. The van der Waals surface area contributed by atoms with Gasteiger partial charge < -0.3 is 4.90 Å². The lowest BCUT2D eigenvalue weighted by atomic mass is 9.93. The van der Waals surface area contributed by atoms with Crippen LogP contribution in [-0.2, 0) is 6.42 Å². The van der Waals surface area contributed by atoms with Gasteiger partial charge >= 0.3 is 0 Å². The Hall–Kier alpha value is -1.68. The molecule has 2 nitrogen and oxygen atoms in total. The van der Waals surface area contributed by atoms with Crippen molar-refractivity contribution >= 4 is 27.5 Å². The SMILES string of the molecule is CC1Cc2ccccc2N(C(=O)c2cc(Br)ccc2F)C1. The Morgan fingerprint density at radius 2 is 2.05 bits per heavy atom. The normalized spacial score (nSPS) is 17.5. The number of halogens is 2. The van der Waals surface area contributed by atoms with Gasteiger partial charge in [-0.3, -0.25) is 4.79 Å². The van der Waals surface area contributed by atoms with Crippen molar-refractivity contribution in [2.24, 2.45) is 5.92 Å². The lowest BCUT2D eigenvalue weighted by Crippen LogP contribution is -2.39. The summed E-state index contributed by atoms with van der Waals surface area (Å²) in [4.78, 5) is 14.4. The van der Waals surface area contributed by atoms with Crippen LogP contribution in [0.2, 0.25) is 0 Å². The molecule has 0 fully saturated rings. The van der Waals surface area contributed by atoms with Gasteiger partial charge in [0.15, 0.2) is 0 Å². The molecule has 1 amide bonds. The molecule has 1 aliphatic heterocycles. The lowest BCUT2D eigenvalue weighted by Gasteiger charge is -2.33. The van der Waals surface area contributed by atoms with Crippen LogP contribution in [0, 0.1) is 11.7 Å². The smallest absolute Gasteiger partial charge is 0.261 e. The van der Waals surface area contributed by atoms with Crippen molar-refractivity contribution in [3.05, 3.63) is 63.9 Å². The number of fused-ring (bicyclic) bond motifs is 1. The maximum atomic E-state index is 14.0. The first-order valence-corrected chi connectivity index (χ1v) is 7.70. The molecule has 0 spiro atoms. The summed E-state index contributed by atoms with van der Waals surface area (Å²) in [5, 5.41) is 0. The van der Waals surface area contributed by atoms with E-state index in [9.17, 15) is 9.18 Å². The van der Waals surface area contributed by atoms with Crippen molar-refractivity contribution in [1.82, 2.24) is 0 Å². The molecule has 0 radical (unpaired) electrons. The van der Waals surface area contributed by atoms with Gasteiger partial charge in [-0.25, -0.2) is 4.39 Å². The minimum atomic E-state index is -0.487. The first-order valence-electron chi connectivity index (χ1n) is 6.91. The van der Waals surface area contributed by atoms with Gasteiger partial charge in [0.1, 0.15) is 5.82 Å². The molecule has 2 aromatic rings. The van der Waals surface area contributed by atoms with Crippen molar-refractivity contribution in [1.29, 1.82) is 0 Å². The predicted molar refractivity (Wildman–Crippen MR) is 85.1 cm³/mol. The van der Waals surface area contributed by atoms with Crippen molar-refractivity contribution < 1.29 is 9.18 Å². The average molecular weight is 348 g/mol. The lowest BCUT2D eigenvalue weighted by molar-refractivity contribution is 0.0977. The predicted octanol–water partition coefficient (Wildman–Crippen LogP) is 4.43. The zero-order valence-electron chi connectivity index (χ0n) is 11.6. The van der Waals surface area contributed by atoms with Crippen LogP contribution >= 0.6 is 15.9 Å². The first-order chi connectivity index (χ1) is 10.1. The number of benzene rings is 2. The third-order valence-electron chi connectivity index (χ3n) is 3.75. The Morgan fingerprint density at radius 1 is 1.29 bits per heavy atom. The quantitative estimate of drug-likeness (QED) is 0.747. The van der Waals surface area contributed by atoms with E-state index in [2.05, 4.69) is 22.9 Å². The Bertz CT molecular complexity index is 701. The van der Waals surface area contributed by atoms with Crippen molar-refractivity contribution in [3.8, 4) is 0 Å².